The molecule has 2 atom stereocenters. The van der Waals surface area contributed by atoms with E-state index < -0.39 is 18.0 Å². The van der Waals surface area contributed by atoms with Gasteiger partial charge in [0.1, 0.15) is 11.8 Å². The van der Waals surface area contributed by atoms with Gasteiger partial charge in [0.05, 0.1) is 11.8 Å². The molecule has 0 saturated carbocycles. The zero-order valence-electron chi connectivity index (χ0n) is 13.6. The van der Waals surface area contributed by atoms with Crippen molar-refractivity contribution in [3.63, 3.8) is 0 Å². The van der Waals surface area contributed by atoms with Crippen LogP contribution >= 0.6 is 0 Å². The maximum atomic E-state index is 12.1. The third-order valence-corrected chi connectivity index (χ3v) is 3.30. The van der Waals surface area contributed by atoms with Crippen LogP contribution in [0.4, 0.5) is 10.5 Å². The minimum Gasteiger partial charge on any atom is -0.489 e. The lowest BCUT2D eigenvalue weighted by molar-refractivity contribution is -0.120. The molecular formula is C16H25N3O3. The Hall–Kier alpha value is -2.24. The number of carbonyl (C=O) groups is 2. The molecule has 0 aliphatic rings. The summed E-state index contributed by atoms with van der Waals surface area (Å²) >= 11 is 0. The van der Waals surface area contributed by atoms with Crippen molar-refractivity contribution in [1.29, 1.82) is 0 Å². The summed E-state index contributed by atoms with van der Waals surface area (Å²) < 4.78 is 5.63. The van der Waals surface area contributed by atoms with Crippen LogP contribution in [0.1, 0.15) is 34.1 Å². The Kier molecular flexibility index (Phi) is 6.69. The number of carbonyl (C=O) groups excluding carboxylic acids is 2. The number of para-hydroxylation sites is 2. The predicted octanol–water partition coefficient (Wildman–Crippen LogP) is 2.50. The van der Waals surface area contributed by atoms with E-state index in [0.29, 0.717) is 11.4 Å². The van der Waals surface area contributed by atoms with Crippen LogP contribution in [0.2, 0.25) is 0 Å². The highest BCUT2D eigenvalue weighted by Gasteiger charge is 2.23. The Morgan fingerprint density at radius 3 is 2.41 bits per heavy atom. The lowest BCUT2D eigenvalue weighted by Gasteiger charge is -2.22. The second-order valence-electron chi connectivity index (χ2n) is 5.53. The Balaban J connectivity index is 2.78. The smallest absolute Gasteiger partial charge is 0.320 e. The van der Waals surface area contributed by atoms with Crippen LogP contribution in [0.25, 0.3) is 0 Å². The van der Waals surface area contributed by atoms with Crippen LogP contribution in [0.5, 0.6) is 5.75 Å². The molecule has 1 rings (SSSR count). The normalized spacial score (nSPS) is 13.3. The summed E-state index contributed by atoms with van der Waals surface area (Å²) in [6.45, 7) is 7.61. The fourth-order valence-corrected chi connectivity index (χ4v) is 1.96. The monoisotopic (exact) mass is 307 g/mol. The number of nitrogens with two attached hydrogens (primary N) is 1. The Bertz CT molecular complexity index is 517. The minimum absolute atomic E-state index is 0.00973. The van der Waals surface area contributed by atoms with E-state index in [9.17, 15) is 9.59 Å². The molecule has 0 spiro atoms. The molecule has 0 aromatic heterocycles. The largest absolute Gasteiger partial charge is 0.489 e. The fourth-order valence-electron chi connectivity index (χ4n) is 1.96. The van der Waals surface area contributed by atoms with E-state index in [4.69, 9.17) is 10.5 Å². The molecule has 0 heterocycles. The highest BCUT2D eigenvalue weighted by molar-refractivity contribution is 5.94. The maximum absolute atomic E-state index is 12.1. The summed E-state index contributed by atoms with van der Waals surface area (Å²) in [7, 11) is 0. The van der Waals surface area contributed by atoms with Crippen LogP contribution in [0.15, 0.2) is 24.3 Å². The van der Waals surface area contributed by atoms with Gasteiger partial charge in [0, 0.05) is 0 Å². The molecule has 0 aliphatic carbocycles. The molecule has 4 N–H and O–H groups in total. The molecule has 6 heteroatoms. The van der Waals surface area contributed by atoms with E-state index in [-0.39, 0.29) is 12.0 Å². The summed E-state index contributed by atoms with van der Waals surface area (Å²) in [4.78, 5) is 23.6. The first-order valence-electron chi connectivity index (χ1n) is 7.47. The standard InChI is InChI=1S/C16H25N3O3/c1-5-11(4)14(15(17)20)19-16(21)18-12-8-6-7-9-13(12)22-10(2)3/h6-11,14H,5H2,1-4H3,(H2,17,20)(H2,18,19,21)/t11-,14-/m1/s1. The molecule has 0 aliphatic heterocycles. The van der Waals surface area contributed by atoms with E-state index in [0.717, 1.165) is 6.42 Å². The molecule has 0 fully saturated rings. The number of amides is 3. The van der Waals surface area contributed by atoms with Gasteiger partial charge in [-0.05, 0) is 31.9 Å². The van der Waals surface area contributed by atoms with Crippen molar-refractivity contribution in [2.45, 2.75) is 46.3 Å². The van der Waals surface area contributed by atoms with Gasteiger partial charge in [-0.1, -0.05) is 32.4 Å². The van der Waals surface area contributed by atoms with Crippen molar-refractivity contribution in [1.82, 2.24) is 5.32 Å². The lowest BCUT2D eigenvalue weighted by atomic mass is 9.99. The molecule has 0 unspecified atom stereocenters. The summed E-state index contributed by atoms with van der Waals surface area (Å²) in [5, 5.41) is 5.31. The van der Waals surface area contributed by atoms with E-state index in [1.54, 1.807) is 18.2 Å². The van der Waals surface area contributed by atoms with Crippen molar-refractivity contribution >= 4 is 17.6 Å². The molecule has 1 aromatic carbocycles. The highest BCUT2D eigenvalue weighted by Crippen LogP contribution is 2.24. The molecule has 22 heavy (non-hydrogen) atoms. The number of urea groups is 1. The molecule has 6 nitrogen and oxygen atoms in total. The third-order valence-electron chi connectivity index (χ3n) is 3.30. The van der Waals surface area contributed by atoms with Gasteiger partial charge in [0.2, 0.25) is 5.91 Å². The number of hydrogen-bond acceptors (Lipinski definition) is 3. The van der Waals surface area contributed by atoms with Gasteiger partial charge in [0.25, 0.3) is 0 Å². The number of ether oxygens (including phenoxy) is 1. The van der Waals surface area contributed by atoms with Crippen LogP contribution < -0.4 is 21.1 Å². The Labute approximate surface area is 131 Å². The summed E-state index contributed by atoms with van der Waals surface area (Å²) in [5.74, 6) is -0.00608. The van der Waals surface area contributed by atoms with Gasteiger partial charge in [-0.25, -0.2) is 4.79 Å². The van der Waals surface area contributed by atoms with Crippen molar-refractivity contribution in [2.24, 2.45) is 11.7 Å². The third kappa shape index (κ3) is 5.27. The van der Waals surface area contributed by atoms with Gasteiger partial charge in [-0.3, -0.25) is 4.79 Å². The lowest BCUT2D eigenvalue weighted by Crippen LogP contribution is -2.49. The molecule has 0 radical (unpaired) electrons. The zero-order valence-corrected chi connectivity index (χ0v) is 13.6. The predicted molar refractivity (Wildman–Crippen MR) is 86.8 cm³/mol. The van der Waals surface area contributed by atoms with Crippen molar-refractivity contribution < 1.29 is 14.3 Å². The number of benzene rings is 1. The van der Waals surface area contributed by atoms with Crippen LogP contribution in [-0.2, 0) is 4.79 Å². The zero-order chi connectivity index (χ0) is 16.7. The van der Waals surface area contributed by atoms with Crippen LogP contribution in [-0.4, -0.2) is 24.1 Å². The molecule has 1 aromatic rings. The number of rotatable bonds is 7. The SMILES string of the molecule is CC[C@@H](C)[C@@H](NC(=O)Nc1ccccc1OC(C)C)C(N)=O. The van der Waals surface area contributed by atoms with E-state index in [1.165, 1.54) is 0 Å². The van der Waals surface area contributed by atoms with Crippen molar-refractivity contribution in [2.75, 3.05) is 5.32 Å². The quantitative estimate of drug-likeness (QED) is 0.722. The second kappa shape index (κ2) is 8.26. The fraction of sp³-hybridized carbons (Fsp3) is 0.500. The van der Waals surface area contributed by atoms with E-state index in [1.807, 2.05) is 33.8 Å². The molecule has 122 valence electrons. The number of anilines is 1. The van der Waals surface area contributed by atoms with Crippen LogP contribution in [0.3, 0.4) is 0 Å². The molecule has 0 saturated heterocycles. The number of hydrogen-bond donors (Lipinski definition) is 3. The average Bonchev–Trinajstić information content (AvgIpc) is 2.45. The molecule has 3 amide bonds. The summed E-state index contributed by atoms with van der Waals surface area (Å²) in [6.07, 6.45) is 0.727. The van der Waals surface area contributed by atoms with Gasteiger partial charge in [-0.15, -0.1) is 0 Å². The number of nitrogens with one attached hydrogen (secondary N) is 2. The maximum Gasteiger partial charge on any atom is 0.320 e. The van der Waals surface area contributed by atoms with Gasteiger partial charge < -0.3 is 21.1 Å². The highest BCUT2D eigenvalue weighted by atomic mass is 16.5. The number of primary amides is 1. The first-order chi connectivity index (χ1) is 10.3. The van der Waals surface area contributed by atoms with Gasteiger partial charge in [-0.2, -0.15) is 0 Å². The first kappa shape index (κ1) is 17.8. The molecule has 0 bridgehead atoms. The van der Waals surface area contributed by atoms with Gasteiger partial charge >= 0.3 is 6.03 Å². The van der Waals surface area contributed by atoms with Crippen LogP contribution in [0, 0.1) is 5.92 Å². The van der Waals surface area contributed by atoms with Gasteiger partial charge in [0.15, 0.2) is 0 Å². The van der Waals surface area contributed by atoms with Crippen molar-refractivity contribution in [3.05, 3.63) is 24.3 Å². The topological polar surface area (TPSA) is 93.4 Å². The van der Waals surface area contributed by atoms with E-state index >= 15 is 0 Å². The second-order valence-corrected chi connectivity index (χ2v) is 5.53. The van der Waals surface area contributed by atoms with Crippen molar-refractivity contribution in [3.8, 4) is 5.75 Å². The average molecular weight is 307 g/mol. The Morgan fingerprint density at radius 1 is 1.23 bits per heavy atom. The summed E-state index contributed by atoms with van der Waals surface area (Å²) in [6, 6.07) is 5.94. The first-order valence-corrected chi connectivity index (χ1v) is 7.47. The van der Waals surface area contributed by atoms with E-state index in [2.05, 4.69) is 10.6 Å². The minimum atomic E-state index is -0.705. The molecular weight excluding hydrogens is 282 g/mol. The summed E-state index contributed by atoms with van der Waals surface area (Å²) in [5.41, 5.74) is 5.89. The Morgan fingerprint density at radius 2 is 1.86 bits per heavy atom.